The molecule has 0 saturated heterocycles. The van der Waals surface area contributed by atoms with Gasteiger partial charge in [0.25, 0.3) is 0 Å². The largest absolute Gasteiger partial charge is 0.396 e. The average molecular weight is 262 g/mol. The lowest BCUT2D eigenvalue weighted by molar-refractivity contribution is 0.129. The number of aromatic nitrogens is 2. The van der Waals surface area contributed by atoms with E-state index in [0.717, 1.165) is 6.42 Å². The standard InChI is InChI=1S/C16H26N2O/c19-13-16(9-4-5-10-16)12-14-8-11-18(17-14)15-6-2-1-3-7-15/h8,11,15,19H,1-7,9-10,12-13H2. The van der Waals surface area contributed by atoms with Crippen molar-refractivity contribution in [3.8, 4) is 0 Å². The molecule has 0 radical (unpaired) electrons. The zero-order valence-electron chi connectivity index (χ0n) is 11.9. The summed E-state index contributed by atoms with van der Waals surface area (Å²) in [5, 5.41) is 14.5. The molecule has 1 aromatic rings. The molecule has 1 N–H and O–H groups in total. The van der Waals surface area contributed by atoms with Crippen LogP contribution in [0.25, 0.3) is 0 Å². The topological polar surface area (TPSA) is 38.0 Å². The highest BCUT2D eigenvalue weighted by Gasteiger charge is 2.34. The summed E-state index contributed by atoms with van der Waals surface area (Å²) in [6, 6.07) is 2.79. The van der Waals surface area contributed by atoms with Crippen molar-refractivity contribution in [3.63, 3.8) is 0 Å². The molecule has 0 spiro atoms. The number of aliphatic hydroxyl groups excluding tert-OH is 1. The highest BCUT2D eigenvalue weighted by atomic mass is 16.3. The van der Waals surface area contributed by atoms with E-state index in [-0.39, 0.29) is 5.41 Å². The van der Waals surface area contributed by atoms with E-state index in [9.17, 15) is 5.11 Å². The van der Waals surface area contributed by atoms with Gasteiger partial charge in [0, 0.05) is 12.8 Å². The van der Waals surface area contributed by atoms with Crippen molar-refractivity contribution in [1.29, 1.82) is 0 Å². The summed E-state index contributed by atoms with van der Waals surface area (Å²) in [6.07, 6.45) is 14.6. The number of rotatable bonds is 4. The van der Waals surface area contributed by atoms with Crippen molar-refractivity contribution in [2.75, 3.05) is 6.61 Å². The van der Waals surface area contributed by atoms with E-state index < -0.39 is 0 Å². The van der Waals surface area contributed by atoms with Crippen molar-refractivity contribution in [2.24, 2.45) is 5.41 Å². The van der Waals surface area contributed by atoms with Gasteiger partial charge in [0.05, 0.1) is 11.7 Å². The van der Waals surface area contributed by atoms with Crippen LogP contribution in [0.3, 0.4) is 0 Å². The zero-order valence-corrected chi connectivity index (χ0v) is 11.9. The summed E-state index contributed by atoms with van der Waals surface area (Å²) in [5.41, 5.74) is 1.31. The molecule has 0 aliphatic heterocycles. The van der Waals surface area contributed by atoms with Gasteiger partial charge in [0.1, 0.15) is 0 Å². The van der Waals surface area contributed by atoms with Gasteiger partial charge in [-0.1, -0.05) is 32.1 Å². The van der Waals surface area contributed by atoms with Gasteiger partial charge in [0.15, 0.2) is 0 Å². The van der Waals surface area contributed by atoms with Gasteiger partial charge in [-0.2, -0.15) is 5.10 Å². The van der Waals surface area contributed by atoms with Gasteiger partial charge in [-0.3, -0.25) is 4.68 Å². The van der Waals surface area contributed by atoms with Crippen LogP contribution in [0.15, 0.2) is 12.3 Å². The molecule has 1 heterocycles. The normalized spacial score (nSPS) is 23.8. The Morgan fingerprint density at radius 2 is 1.89 bits per heavy atom. The third kappa shape index (κ3) is 2.86. The summed E-state index contributed by atoms with van der Waals surface area (Å²) in [7, 11) is 0. The summed E-state index contributed by atoms with van der Waals surface area (Å²) in [6.45, 7) is 0.323. The number of aliphatic hydroxyl groups is 1. The van der Waals surface area contributed by atoms with E-state index in [1.165, 1.54) is 63.5 Å². The first kappa shape index (κ1) is 13.2. The van der Waals surface area contributed by atoms with Gasteiger partial charge < -0.3 is 5.11 Å². The highest BCUT2D eigenvalue weighted by Crippen LogP contribution is 2.40. The van der Waals surface area contributed by atoms with E-state index in [0.29, 0.717) is 12.6 Å². The average Bonchev–Trinajstić information content (AvgIpc) is 3.10. The van der Waals surface area contributed by atoms with Crippen LogP contribution in [-0.4, -0.2) is 21.5 Å². The fraction of sp³-hybridized carbons (Fsp3) is 0.812. The van der Waals surface area contributed by atoms with Gasteiger partial charge in [-0.25, -0.2) is 0 Å². The quantitative estimate of drug-likeness (QED) is 0.902. The van der Waals surface area contributed by atoms with Crippen LogP contribution >= 0.6 is 0 Å². The van der Waals surface area contributed by atoms with Crippen LogP contribution in [0.2, 0.25) is 0 Å². The zero-order chi connectivity index (χ0) is 13.1. The maximum absolute atomic E-state index is 9.70. The van der Waals surface area contributed by atoms with E-state index >= 15 is 0 Å². The summed E-state index contributed by atoms with van der Waals surface area (Å²) in [4.78, 5) is 0. The molecular weight excluding hydrogens is 236 g/mol. The Bertz CT molecular complexity index is 401. The molecule has 2 fully saturated rings. The molecule has 0 bridgehead atoms. The van der Waals surface area contributed by atoms with Crippen LogP contribution in [0, 0.1) is 5.41 Å². The van der Waals surface area contributed by atoms with Gasteiger partial charge in [-0.15, -0.1) is 0 Å². The van der Waals surface area contributed by atoms with E-state index in [4.69, 9.17) is 5.10 Å². The second kappa shape index (κ2) is 5.66. The number of hydrogen-bond donors (Lipinski definition) is 1. The Hall–Kier alpha value is -0.830. The van der Waals surface area contributed by atoms with Crippen LogP contribution in [0.5, 0.6) is 0 Å². The Labute approximate surface area is 116 Å². The minimum atomic E-state index is 0.131. The van der Waals surface area contributed by atoms with E-state index in [1.54, 1.807) is 0 Å². The van der Waals surface area contributed by atoms with Crippen molar-refractivity contribution in [3.05, 3.63) is 18.0 Å². The lowest BCUT2D eigenvalue weighted by Gasteiger charge is -2.25. The molecule has 0 amide bonds. The van der Waals surface area contributed by atoms with Gasteiger partial charge >= 0.3 is 0 Å². The van der Waals surface area contributed by atoms with Crippen molar-refractivity contribution < 1.29 is 5.11 Å². The molecule has 0 aromatic carbocycles. The number of nitrogens with zero attached hydrogens (tertiary/aromatic N) is 2. The molecule has 106 valence electrons. The van der Waals surface area contributed by atoms with Gasteiger partial charge in [0.2, 0.25) is 0 Å². The van der Waals surface area contributed by atoms with Crippen LogP contribution in [0.1, 0.15) is 69.5 Å². The molecule has 3 nitrogen and oxygen atoms in total. The monoisotopic (exact) mass is 262 g/mol. The Balaban J connectivity index is 1.67. The predicted octanol–water partition coefficient (Wildman–Crippen LogP) is 3.48. The van der Waals surface area contributed by atoms with Crippen LogP contribution in [0.4, 0.5) is 0 Å². The predicted molar refractivity (Wildman–Crippen MR) is 76.0 cm³/mol. The highest BCUT2D eigenvalue weighted by molar-refractivity contribution is 5.05. The fourth-order valence-electron chi connectivity index (χ4n) is 3.92. The SMILES string of the molecule is OCC1(Cc2ccn(C3CCCCC3)n2)CCCC1. The molecule has 2 aliphatic carbocycles. The molecule has 0 atom stereocenters. The van der Waals surface area contributed by atoms with Crippen molar-refractivity contribution in [2.45, 2.75) is 70.3 Å². The minimum absolute atomic E-state index is 0.131. The minimum Gasteiger partial charge on any atom is -0.396 e. The first-order chi connectivity index (χ1) is 9.31. The van der Waals surface area contributed by atoms with E-state index in [2.05, 4.69) is 16.9 Å². The second-order valence-electron chi connectivity index (χ2n) is 6.62. The third-order valence-electron chi connectivity index (χ3n) is 5.17. The smallest absolute Gasteiger partial charge is 0.0631 e. The Morgan fingerprint density at radius 3 is 2.58 bits per heavy atom. The van der Waals surface area contributed by atoms with Crippen LogP contribution in [-0.2, 0) is 6.42 Å². The lowest BCUT2D eigenvalue weighted by atomic mass is 9.82. The molecule has 2 aliphatic rings. The Kier molecular flexibility index (Phi) is 3.92. The first-order valence-corrected chi connectivity index (χ1v) is 7.96. The number of hydrogen-bond acceptors (Lipinski definition) is 2. The van der Waals surface area contributed by atoms with Crippen molar-refractivity contribution in [1.82, 2.24) is 9.78 Å². The second-order valence-corrected chi connectivity index (χ2v) is 6.62. The third-order valence-corrected chi connectivity index (χ3v) is 5.17. The molecule has 3 rings (SSSR count). The van der Waals surface area contributed by atoms with Gasteiger partial charge in [-0.05, 0) is 43.6 Å². The maximum Gasteiger partial charge on any atom is 0.0631 e. The molecule has 2 saturated carbocycles. The maximum atomic E-state index is 9.70. The molecule has 19 heavy (non-hydrogen) atoms. The van der Waals surface area contributed by atoms with E-state index in [1.807, 2.05) is 0 Å². The molecule has 0 unspecified atom stereocenters. The molecule has 1 aromatic heterocycles. The summed E-state index contributed by atoms with van der Waals surface area (Å²) in [5.74, 6) is 0. The van der Waals surface area contributed by atoms with Crippen molar-refractivity contribution >= 4 is 0 Å². The molecular formula is C16H26N2O. The Morgan fingerprint density at radius 1 is 1.16 bits per heavy atom. The lowest BCUT2D eigenvalue weighted by Crippen LogP contribution is -2.24. The fourth-order valence-corrected chi connectivity index (χ4v) is 3.92. The summed E-state index contributed by atoms with van der Waals surface area (Å²) >= 11 is 0. The molecule has 3 heteroatoms. The summed E-state index contributed by atoms with van der Waals surface area (Å²) < 4.78 is 2.19. The first-order valence-electron chi connectivity index (χ1n) is 7.96. The van der Waals surface area contributed by atoms with Crippen LogP contribution < -0.4 is 0 Å².